The molecule has 6 nitrogen and oxygen atoms in total. The smallest absolute Gasteiger partial charge is 0.261 e. The van der Waals surface area contributed by atoms with Crippen molar-refractivity contribution in [2.75, 3.05) is 21.3 Å². The summed E-state index contributed by atoms with van der Waals surface area (Å²) < 4.78 is 13.3. The molecule has 0 N–H and O–H groups in total. The molecule has 0 aliphatic rings. The van der Waals surface area contributed by atoms with Crippen LogP contribution in [0.5, 0.6) is 11.5 Å². The van der Waals surface area contributed by atoms with Gasteiger partial charge in [0.15, 0.2) is 0 Å². The number of methoxy groups -OCH3 is 2. The normalized spacial score (nSPS) is 10.5. The lowest BCUT2D eigenvalue weighted by Crippen LogP contribution is -2.27. The van der Waals surface area contributed by atoms with Gasteiger partial charge in [-0.05, 0) is 35.0 Å². The van der Waals surface area contributed by atoms with E-state index in [0.29, 0.717) is 23.6 Å². The number of benzene rings is 1. The van der Waals surface area contributed by atoms with Gasteiger partial charge in [0.25, 0.3) is 5.91 Å². The third kappa shape index (κ3) is 3.67. The van der Waals surface area contributed by atoms with Gasteiger partial charge in [0.2, 0.25) is 0 Å². The molecular weight excluding hydrogens is 362 g/mol. The SMILES string of the molecule is CCn1cc(Br)c(CN(C)C(=O)c2c(OC)cccc2OC)n1. The van der Waals surface area contributed by atoms with Crippen LogP contribution in [-0.4, -0.2) is 41.9 Å². The van der Waals surface area contributed by atoms with Gasteiger partial charge in [-0.3, -0.25) is 9.48 Å². The lowest BCUT2D eigenvalue weighted by atomic mass is 10.1. The predicted octanol–water partition coefficient (Wildman–Crippen LogP) is 2.95. The number of carbonyl (C=O) groups excluding carboxylic acids is 1. The van der Waals surface area contributed by atoms with Crippen LogP contribution in [-0.2, 0) is 13.1 Å². The van der Waals surface area contributed by atoms with Gasteiger partial charge in [-0.25, -0.2) is 0 Å². The van der Waals surface area contributed by atoms with Gasteiger partial charge in [-0.1, -0.05) is 6.07 Å². The van der Waals surface area contributed by atoms with Crippen LogP contribution < -0.4 is 9.47 Å². The molecule has 0 fully saturated rings. The van der Waals surface area contributed by atoms with Crippen LogP contribution in [0, 0.1) is 0 Å². The Morgan fingerprint density at radius 3 is 2.39 bits per heavy atom. The fraction of sp³-hybridized carbons (Fsp3) is 0.375. The van der Waals surface area contributed by atoms with Gasteiger partial charge in [0.1, 0.15) is 17.1 Å². The lowest BCUT2D eigenvalue weighted by molar-refractivity contribution is 0.0776. The number of hydrogen-bond acceptors (Lipinski definition) is 4. The molecule has 1 amide bonds. The third-order valence-electron chi connectivity index (χ3n) is 3.49. The Bertz CT molecular complexity index is 678. The number of nitrogens with zero attached hydrogens (tertiary/aromatic N) is 3. The zero-order chi connectivity index (χ0) is 17.0. The monoisotopic (exact) mass is 381 g/mol. The van der Waals surface area contributed by atoms with Crippen LogP contribution in [0.25, 0.3) is 0 Å². The Balaban J connectivity index is 2.27. The van der Waals surface area contributed by atoms with Crippen molar-refractivity contribution in [3.05, 3.63) is 40.1 Å². The molecule has 1 aromatic carbocycles. The molecule has 0 aliphatic carbocycles. The van der Waals surface area contributed by atoms with Crippen LogP contribution in [0.2, 0.25) is 0 Å². The molecule has 0 saturated carbocycles. The van der Waals surface area contributed by atoms with Crippen LogP contribution in [0.4, 0.5) is 0 Å². The molecule has 0 atom stereocenters. The fourth-order valence-corrected chi connectivity index (χ4v) is 2.70. The molecule has 0 unspecified atom stereocenters. The highest BCUT2D eigenvalue weighted by Gasteiger charge is 2.22. The maximum atomic E-state index is 12.8. The summed E-state index contributed by atoms with van der Waals surface area (Å²) in [6.45, 7) is 3.17. The van der Waals surface area contributed by atoms with E-state index in [4.69, 9.17) is 9.47 Å². The van der Waals surface area contributed by atoms with Crippen LogP contribution in [0.1, 0.15) is 23.0 Å². The highest BCUT2D eigenvalue weighted by molar-refractivity contribution is 9.10. The van der Waals surface area contributed by atoms with Gasteiger partial charge in [0.05, 0.1) is 30.9 Å². The number of amides is 1. The summed E-state index contributed by atoms with van der Waals surface area (Å²) in [4.78, 5) is 14.4. The van der Waals surface area contributed by atoms with Crippen molar-refractivity contribution in [2.24, 2.45) is 0 Å². The summed E-state index contributed by atoms with van der Waals surface area (Å²) in [5.41, 5.74) is 1.21. The van der Waals surface area contributed by atoms with Crippen LogP contribution >= 0.6 is 15.9 Å². The maximum absolute atomic E-state index is 12.8. The highest BCUT2D eigenvalue weighted by Crippen LogP contribution is 2.30. The lowest BCUT2D eigenvalue weighted by Gasteiger charge is -2.19. The van der Waals surface area contributed by atoms with E-state index in [0.717, 1.165) is 16.7 Å². The summed E-state index contributed by atoms with van der Waals surface area (Å²) in [6.07, 6.45) is 1.90. The first-order chi connectivity index (χ1) is 11.0. The first-order valence-electron chi connectivity index (χ1n) is 7.20. The molecule has 1 heterocycles. The van der Waals surface area contributed by atoms with Crippen molar-refractivity contribution < 1.29 is 14.3 Å². The minimum atomic E-state index is -0.183. The molecule has 0 radical (unpaired) electrons. The Hall–Kier alpha value is -2.02. The average molecular weight is 382 g/mol. The van der Waals surface area contributed by atoms with E-state index in [1.54, 1.807) is 30.1 Å². The summed E-state index contributed by atoms with van der Waals surface area (Å²) in [6, 6.07) is 5.27. The second-order valence-electron chi connectivity index (χ2n) is 4.98. The Labute approximate surface area is 144 Å². The van der Waals surface area contributed by atoms with E-state index >= 15 is 0 Å². The molecule has 1 aromatic heterocycles. The number of halogens is 1. The molecule has 0 aliphatic heterocycles. The van der Waals surface area contributed by atoms with E-state index in [1.807, 2.05) is 17.8 Å². The van der Waals surface area contributed by atoms with Crippen molar-refractivity contribution in [3.63, 3.8) is 0 Å². The molecule has 23 heavy (non-hydrogen) atoms. The first-order valence-corrected chi connectivity index (χ1v) is 7.99. The number of carbonyl (C=O) groups is 1. The van der Waals surface area contributed by atoms with Gasteiger partial charge in [-0.2, -0.15) is 5.10 Å². The molecule has 0 bridgehead atoms. The molecule has 7 heteroatoms. The fourth-order valence-electron chi connectivity index (χ4n) is 2.26. The van der Waals surface area contributed by atoms with Crippen LogP contribution in [0.3, 0.4) is 0 Å². The quantitative estimate of drug-likeness (QED) is 0.771. The average Bonchev–Trinajstić information content (AvgIpc) is 2.93. The van der Waals surface area contributed by atoms with Gasteiger partial charge in [0, 0.05) is 19.8 Å². The second kappa shape index (κ2) is 7.50. The van der Waals surface area contributed by atoms with E-state index in [1.165, 1.54) is 14.2 Å². The molecule has 2 aromatic rings. The van der Waals surface area contributed by atoms with E-state index in [9.17, 15) is 4.79 Å². The zero-order valence-corrected chi connectivity index (χ0v) is 15.3. The van der Waals surface area contributed by atoms with Gasteiger partial charge in [-0.15, -0.1) is 0 Å². The number of aromatic nitrogens is 2. The van der Waals surface area contributed by atoms with Crippen molar-refractivity contribution in [1.29, 1.82) is 0 Å². The van der Waals surface area contributed by atoms with Crippen molar-refractivity contribution in [3.8, 4) is 11.5 Å². The molecule has 0 spiro atoms. The minimum absolute atomic E-state index is 0.183. The zero-order valence-electron chi connectivity index (χ0n) is 13.7. The molecule has 2 rings (SSSR count). The highest BCUT2D eigenvalue weighted by atomic mass is 79.9. The topological polar surface area (TPSA) is 56.6 Å². The molecular formula is C16H20BrN3O3. The maximum Gasteiger partial charge on any atom is 0.261 e. The number of rotatable bonds is 6. The minimum Gasteiger partial charge on any atom is -0.496 e. The molecule has 0 saturated heterocycles. The van der Waals surface area contributed by atoms with E-state index in [-0.39, 0.29) is 5.91 Å². The van der Waals surface area contributed by atoms with Crippen LogP contribution in [0.15, 0.2) is 28.9 Å². The van der Waals surface area contributed by atoms with Crippen molar-refractivity contribution in [1.82, 2.24) is 14.7 Å². The predicted molar refractivity (Wildman–Crippen MR) is 90.9 cm³/mol. The van der Waals surface area contributed by atoms with Crippen molar-refractivity contribution >= 4 is 21.8 Å². The largest absolute Gasteiger partial charge is 0.496 e. The Morgan fingerprint density at radius 2 is 1.91 bits per heavy atom. The summed E-state index contributed by atoms with van der Waals surface area (Å²) in [5, 5.41) is 4.44. The third-order valence-corrected chi connectivity index (χ3v) is 4.15. The second-order valence-corrected chi connectivity index (χ2v) is 5.83. The number of ether oxygens (including phenoxy) is 2. The summed E-state index contributed by atoms with van der Waals surface area (Å²) >= 11 is 3.48. The summed E-state index contributed by atoms with van der Waals surface area (Å²) in [5.74, 6) is 0.788. The van der Waals surface area contributed by atoms with E-state index in [2.05, 4.69) is 21.0 Å². The summed E-state index contributed by atoms with van der Waals surface area (Å²) in [7, 11) is 4.79. The number of hydrogen-bond donors (Lipinski definition) is 0. The first kappa shape index (κ1) is 17.3. The standard InChI is InChI=1S/C16H20BrN3O3/c1-5-20-9-11(17)12(18-20)10-19(2)16(21)15-13(22-3)7-6-8-14(15)23-4/h6-9H,5,10H2,1-4H3. The Morgan fingerprint density at radius 1 is 1.30 bits per heavy atom. The van der Waals surface area contributed by atoms with E-state index < -0.39 is 0 Å². The number of aryl methyl sites for hydroxylation is 1. The van der Waals surface area contributed by atoms with Gasteiger partial charge >= 0.3 is 0 Å². The Kier molecular flexibility index (Phi) is 5.65. The van der Waals surface area contributed by atoms with Crippen molar-refractivity contribution in [2.45, 2.75) is 20.0 Å². The van der Waals surface area contributed by atoms with Gasteiger partial charge < -0.3 is 14.4 Å². The molecule has 124 valence electrons.